The van der Waals surface area contributed by atoms with Crippen LogP contribution in [0, 0.1) is 5.82 Å². The molecule has 0 aromatic heterocycles. The van der Waals surface area contributed by atoms with Gasteiger partial charge in [0, 0.05) is 5.69 Å². The number of imide groups is 1. The van der Waals surface area contributed by atoms with Gasteiger partial charge in [-0.25, -0.2) is 9.29 Å². The second-order valence-corrected chi connectivity index (χ2v) is 8.01. The molecule has 0 atom stereocenters. The summed E-state index contributed by atoms with van der Waals surface area (Å²) in [5.41, 5.74) is 2.97. The van der Waals surface area contributed by atoms with Crippen LogP contribution in [0.1, 0.15) is 37.8 Å². The molecule has 3 aromatic rings. The van der Waals surface area contributed by atoms with Crippen LogP contribution in [0.4, 0.5) is 15.8 Å². The van der Waals surface area contributed by atoms with Gasteiger partial charge in [-0.15, -0.1) is 0 Å². The highest BCUT2D eigenvalue weighted by Crippen LogP contribution is 2.38. The van der Waals surface area contributed by atoms with Gasteiger partial charge in [-0.3, -0.25) is 9.59 Å². The minimum atomic E-state index is -0.501. The maximum absolute atomic E-state index is 13.6. The Bertz CT molecular complexity index is 1210. The van der Waals surface area contributed by atoms with Gasteiger partial charge >= 0.3 is 0 Å². The molecule has 1 N–H and O–H groups in total. The number of para-hydroxylation sites is 2. The summed E-state index contributed by atoms with van der Waals surface area (Å²) in [6, 6.07) is 20.2. The number of nitrogens with zero attached hydrogens (tertiary/aromatic N) is 1. The first kappa shape index (κ1) is 22.3. The molecule has 5 nitrogen and oxygen atoms in total. The zero-order chi connectivity index (χ0) is 23.5. The Labute approximate surface area is 192 Å². The number of carbonyl (C=O) groups is 2. The Morgan fingerprint density at radius 2 is 1.58 bits per heavy atom. The summed E-state index contributed by atoms with van der Waals surface area (Å²) >= 11 is 0. The first-order valence-corrected chi connectivity index (χ1v) is 10.9. The minimum Gasteiger partial charge on any atom is -0.492 e. The van der Waals surface area contributed by atoms with Gasteiger partial charge in [0.1, 0.15) is 17.3 Å². The van der Waals surface area contributed by atoms with Crippen LogP contribution in [-0.4, -0.2) is 18.4 Å². The summed E-state index contributed by atoms with van der Waals surface area (Å²) in [7, 11) is 0. The van der Waals surface area contributed by atoms with Crippen LogP contribution in [-0.2, 0) is 9.59 Å². The van der Waals surface area contributed by atoms with Gasteiger partial charge in [-0.1, -0.05) is 50.2 Å². The lowest BCUT2D eigenvalue weighted by Crippen LogP contribution is -2.32. The third-order valence-corrected chi connectivity index (χ3v) is 5.47. The highest BCUT2D eigenvalue weighted by Gasteiger charge is 2.41. The summed E-state index contributed by atoms with van der Waals surface area (Å²) in [6.07, 6.45) is 0. The number of ether oxygens (including phenoxy) is 1. The van der Waals surface area contributed by atoms with Crippen LogP contribution >= 0.6 is 0 Å². The highest BCUT2D eigenvalue weighted by atomic mass is 19.1. The number of nitrogens with one attached hydrogen (secondary N) is 1. The van der Waals surface area contributed by atoms with Gasteiger partial charge in [0.25, 0.3) is 11.8 Å². The molecule has 2 amide bonds. The second-order valence-electron chi connectivity index (χ2n) is 8.01. The lowest BCUT2D eigenvalue weighted by Gasteiger charge is -2.19. The van der Waals surface area contributed by atoms with Crippen LogP contribution in [0.15, 0.2) is 78.5 Å². The second kappa shape index (κ2) is 9.28. The Balaban J connectivity index is 1.79. The van der Waals surface area contributed by atoms with Crippen LogP contribution in [0.25, 0.3) is 5.57 Å². The monoisotopic (exact) mass is 444 g/mol. The van der Waals surface area contributed by atoms with Crippen molar-refractivity contribution in [3.8, 4) is 5.75 Å². The van der Waals surface area contributed by atoms with Crippen molar-refractivity contribution in [1.82, 2.24) is 0 Å². The molecule has 0 saturated heterocycles. The van der Waals surface area contributed by atoms with Crippen molar-refractivity contribution >= 4 is 28.8 Å². The fraction of sp³-hybridized carbons (Fsp3) is 0.185. The molecular formula is C27H25FN2O3. The van der Waals surface area contributed by atoms with E-state index in [1.807, 2.05) is 31.2 Å². The molecule has 1 aliphatic rings. The number of anilines is 2. The lowest BCUT2D eigenvalue weighted by atomic mass is 10.0. The molecule has 0 aliphatic carbocycles. The molecule has 33 heavy (non-hydrogen) atoms. The van der Waals surface area contributed by atoms with Gasteiger partial charge in [-0.05, 0) is 60.4 Å². The maximum Gasteiger partial charge on any atom is 0.282 e. The summed E-state index contributed by atoms with van der Waals surface area (Å²) in [5, 5.41) is 3.13. The SMILES string of the molecule is CCOc1ccccc1N1C(=O)C(Nc2ccc(C(C)C)cc2)=C(c2ccc(F)cc2)C1=O. The fourth-order valence-corrected chi connectivity index (χ4v) is 3.76. The van der Waals surface area contributed by atoms with Crippen molar-refractivity contribution in [2.45, 2.75) is 26.7 Å². The van der Waals surface area contributed by atoms with Gasteiger partial charge < -0.3 is 10.1 Å². The molecule has 0 radical (unpaired) electrons. The zero-order valence-electron chi connectivity index (χ0n) is 18.8. The first-order valence-electron chi connectivity index (χ1n) is 10.9. The molecule has 4 rings (SSSR count). The molecule has 1 heterocycles. The van der Waals surface area contributed by atoms with E-state index in [9.17, 15) is 14.0 Å². The molecule has 3 aromatic carbocycles. The molecule has 0 bridgehead atoms. The van der Waals surface area contributed by atoms with E-state index in [0.29, 0.717) is 35.2 Å². The zero-order valence-corrected chi connectivity index (χ0v) is 18.8. The first-order chi connectivity index (χ1) is 15.9. The Kier molecular flexibility index (Phi) is 6.27. The Morgan fingerprint density at radius 3 is 2.21 bits per heavy atom. The molecular weight excluding hydrogens is 419 g/mol. The van der Waals surface area contributed by atoms with E-state index in [1.54, 1.807) is 24.3 Å². The minimum absolute atomic E-state index is 0.134. The van der Waals surface area contributed by atoms with Gasteiger partial charge in [0.15, 0.2) is 0 Å². The van der Waals surface area contributed by atoms with Crippen LogP contribution < -0.4 is 15.0 Å². The van der Waals surface area contributed by atoms with Crippen molar-refractivity contribution in [2.24, 2.45) is 0 Å². The Hall–Kier alpha value is -3.93. The van der Waals surface area contributed by atoms with E-state index in [1.165, 1.54) is 24.3 Å². The van der Waals surface area contributed by atoms with Crippen LogP contribution in [0.2, 0.25) is 0 Å². The summed E-state index contributed by atoms with van der Waals surface area (Å²) in [4.78, 5) is 28.2. The normalized spacial score (nSPS) is 13.8. The fourth-order valence-electron chi connectivity index (χ4n) is 3.76. The summed E-state index contributed by atoms with van der Waals surface area (Å²) < 4.78 is 19.2. The third-order valence-electron chi connectivity index (χ3n) is 5.47. The molecule has 168 valence electrons. The topological polar surface area (TPSA) is 58.6 Å². The number of rotatable bonds is 7. The predicted molar refractivity (Wildman–Crippen MR) is 128 cm³/mol. The van der Waals surface area contributed by atoms with Crippen LogP contribution in [0.5, 0.6) is 5.75 Å². The van der Waals surface area contributed by atoms with E-state index in [0.717, 1.165) is 10.5 Å². The van der Waals surface area contributed by atoms with E-state index < -0.39 is 17.6 Å². The molecule has 0 spiro atoms. The van der Waals surface area contributed by atoms with Crippen molar-refractivity contribution in [3.05, 3.63) is 95.4 Å². The number of halogens is 1. The molecule has 0 unspecified atom stereocenters. The highest BCUT2D eigenvalue weighted by molar-refractivity contribution is 6.46. The number of amides is 2. The predicted octanol–water partition coefficient (Wildman–Crippen LogP) is 5.74. The van der Waals surface area contributed by atoms with E-state index in [-0.39, 0.29) is 11.3 Å². The molecule has 1 aliphatic heterocycles. The summed E-state index contributed by atoms with van der Waals surface area (Å²) in [5.74, 6) is -0.621. The third kappa shape index (κ3) is 4.37. The lowest BCUT2D eigenvalue weighted by molar-refractivity contribution is -0.120. The van der Waals surface area contributed by atoms with E-state index in [4.69, 9.17) is 4.74 Å². The molecule has 0 saturated carbocycles. The van der Waals surface area contributed by atoms with Crippen LogP contribution in [0.3, 0.4) is 0 Å². The average molecular weight is 445 g/mol. The number of hydrogen-bond acceptors (Lipinski definition) is 4. The van der Waals surface area contributed by atoms with Gasteiger partial charge in [0.2, 0.25) is 0 Å². The average Bonchev–Trinajstić information content (AvgIpc) is 3.05. The quantitative estimate of drug-likeness (QED) is 0.472. The number of carbonyl (C=O) groups excluding carboxylic acids is 2. The maximum atomic E-state index is 13.6. The van der Waals surface area contributed by atoms with Gasteiger partial charge in [-0.2, -0.15) is 0 Å². The standard InChI is InChI=1S/C27H25FN2O3/c1-4-33-23-8-6-5-7-22(23)30-26(31)24(19-9-13-20(28)14-10-19)25(27(30)32)29-21-15-11-18(12-16-21)17(2)3/h5-17,29H,4H2,1-3H3. The van der Waals surface area contributed by atoms with E-state index >= 15 is 0 Å². The number of hydrogen-bond donors (Lipinski definition) is 1. The molecule has 6 heteroatoms. The largest absolute Gasteiger partial charge is 0.492 e. The van der Waals surface area contributed by atoms with Crippen molar-refractivity contribution in [1.29, 1.82) is 0 Å². The van der Waals surface area contributed by atoms with Crippen molar-refractivity contribution in [3.63, 3.8) is 0 Å². The van der Waals surface area contributed by atoms with Gasteiger partial charge in [0.05, 0.1) is 17.9 Å². The summed E-state index contributed by atoms with van der Waals surface area (Å²) in [6.45, 7) is 6.42. The van der Waals surface area contributed by atoms with E-state index in [2.05, 4.69) is 19.2 Å². The Morgan fingerprint density at radius 1 is 0.909 bits per heavy atom. The smallest absolute Gasteiger partial charge is 0.282 e. The van der Waals surface area contributed by atoms with Crippen molar-refractivity contribution in [2.75, 3.05) is 16.8 Å². The number of benzene rings is 3. The van der Waals surface area contributed by atoms with Crippen molar-refractivity contribution < 1.29 is 18.7 Å². The molecule has 0 fully saturated rings.